The first kappa shape index (κ1) is 19.4. The van der Waals surface area contributed by atoms with E-state index < -0.39 is 5.97 Å². The van der Waals surface area contributed by atoms with Crippen LogP contribution in [0.1, 0.15) is 53.1 Å². The van der Waals surface area contributed by atoms with Crippen molar-refractivity contribution in [1.29, 1.82) is 0 Å². The zero-order valence-electron chi connectivity index (χ0n) is 15.9. The lowest BCUT2D eigenvalue weighted by Crippen LogP contribution is -2.40. The van der Waals surface area contributed by atoms with Gasteiger partial charge in [-0.2, -0.15) is 0 Å². The van der Waals surface area contributed by atoms with Gasteiger partial charge in [0.25, 0.3) is 0 Å². The minimum Gasteiger partial charge on any atom is -0.478 e. The maximum atomic E-state index is 13.2. The molecule has 1 aliphatic carbocycles. The Morgan fingerprint density at radius 1 is 1.10 bits per heavy atom. The smallest absolute Gasteiger partial charge is 0.337 e. The highest BCUT2D eigenvalue weighted by molar-refractivity contribution is 6.33. The van der Waals surface area contributed by atoms with Crippen molar-refractivity contribution in [3.63, 3.8) is 0 Å². The number of hydrogen-bond acceptors (Lipinski definition) is 3. The van der Waals surface area contributed by atoms with E-state index in [-0.39, 0.29) is 34.6 Å². The molecule has 2 aromatic carbocycles. The van der Waals surface area contributed by atoms with Gasteiger partial charge in [-0.3, -0.25) is 14.5 Å². The maximum absolute atomic E-state index is 13.2. The molecule has 148 valence electrons. The number of rotatable bonds is 3. The van der Waals surface area contributed by atoms with E-state index in [4.69, 9.17) is 11.6 Å². The van der Waals surface area contributed by atoms with Gasteiger partial charge in [0.1, 0.15) is 0 Å². The van der Waals surface area contributed by atoms with Crippen LogP contribution in [-0.4, -0.2) is 22.8 Å². The van der Waals surface area contributed by atoms with Crippen molar-refractivity contribution in [2.75, 3.05) is 4.90 Å². The molecule has 0 fully saturated rings. The molecule has 4 rings (SSSR count). The number of anilines is 1. The summed E-state index contributed by atoms with van der Waals surface area (Å²) in [4.78, 5) is 39.1. The molecule has 0 spiro atoms. The van der Waals surface area contributed by atoms with Gasteiger partial charge < -0.3 is 5.11 Å². The molecule has 2 aromatic rings. The Hall–Kier alpha value is -2.92. The molecule has 2 aliphatic rings. The lowest BCUT2D eigenvalue weighted by Gasteiger charge is -2.38. The van der Waals surface area contributed by atoms with E-state index in [0.717, 1.165) is 11.1 Å². The van der Waals surface area contributed by atoms with Crippen LogP contribution < -0.4 is 4.90 Å². The molecule has 0 saturated heterocycles. The molecule has 1 atom stereocenters. The molecule has 0 saturated carbocycles. The first-order valence-corrected chi connectivity index (χ1v) is 9.93. The predicted octanol–water partition coefficient (Wildman–Crippen LogP) is 4.87. The first-order valence-electron chi connectivity index (χ1n) is 9.55. The minimum atomic E-state index is -1.16. The van der Waals surface area contributed by atoms with Crippen LogP contribution in [0.5, 0.6) is 0 Å². The summed E-state index contributed by atoms with van der Waals surface area (Å²) in [7, 11) is 0. The average Bonchev–Trinajstić information content (AvgIpc) is 2.69. The summed E-state index contributed by atoms with van der Waals surface area (Å²) in [5.41, 5.74) is 3.79. The monoisotopic (exact) mass is 409 g/mol. The van der Waals surface area contributed by atoms with Gasteiger partial charge in [-0.25, -0.2) is 4.79 Å². The van der Waals surface area contributed by atoms with Crippen LogP contribution in [0.3, 0.4) is 0 Å². The van der Waals surface area contributed by atoms with Gasteiger partial charge >= 0.3 is 5.97 Å². The Balaban J connectivity index is 1.86. The predicted molar refractivity (Wildman–Crippen MR) is 110 cm³/mol. The number of Topliss-reactive ketones (excluding diaryl/α,β-unsaturated/α-hetero) is 1. The second-order valence-corrected chi connectivity index (χ2v) is 7.91. The number of benzene rings is 2. The number of allylic oxidation sites excluding steroid dienone is 2. The van der Waals surface area contributed by atoms with E-state index in [0.29, 0.717) is 36.2 Å². The van der Waals surface area contributed by atoms with Gasteiger partial charge in [0.15, 0.2) is 5.78 Å². The number of carboxylic acid groups (broad SMARTS) is 1. The van der Waals surface area contributed by atoms with Gasteiger partial charge in [-0.1, -0.05) is 41.4 Å². The third-order valence-corrected chi connectivity index (χ3v) is 5.92. The summed E-state index contributed by atoms with van der Waals surface area (Å²) < 4.78 is 0. The third-order valence-electron chi connectivity index (χ3n) is 5.59. The maximum Gasteiger partial charge on any atom is 0.337 e. The highest BCUT2D eigenvalue weighted by Gasteiger charge is 2.39. The van der Waals surface area contributed by atoms with Crippen molar-refractivity contribution in [1.82, 2.24) is 0 Å². The Bertz CT molecular complexity index is 1060. The molecule has 0 bridgehead atoms. The van der Waals surface area contributed by atoms with Crippen LogP contribution in [0.4, 0.5) is 5.69 Å². The van der Waals surface area contributed by atoms with Gasteiger partial charge in [-0.15, -0.1) is 0 Å². The van der Waals surface area contributed by atoms with E-state index >= 15 is 0 Å². The normalized spacial score (nSPS) is 19.4. The second kappa shape index (κ2) is 7.48. The molecule has 5 nitrogen and oxygen atoms in total. The van der Waals surface area contributed by atoms with Crippen LogP contribution >= 0.6 is 11.6 Å². The Labute approximate surface area is 173 Å². The van der Waals surface area contributed by atoms with Crippen molar-refractivity contribution >= 4 is 34.9 Å². The summed E-state index contributed by atoms with van der Waals surface area (Å²) in [5, 5.41) is 9.50. The van der Waals surface area contributed by atoms with Crippen molar-refractivity contribution in [2.24, 2.45) is 0 Å². The van der Waals surface area contributed by atoms with Crippen molar-refractivity contribution in [2.45, 2.75) is 38.5 Å². The third kappa shape index (κ3) is 3.47. The number of carbonyl (C=O) groups excluding carboxylic acids is 2. The Morgan fingerprint density at radius 3 is 2.52 bits per heavy atom. The van der Waals surface area contributed by atoms with Gasteiger partial charge in [0.2, 0.25) is 5.91 Å². The number of nitrogens with zero attached hydrogens (tertiary/aromatic N) is 1. The molecule has 1 aliphatic heterocycles. The van der Waals surface area contributed by atoms with Gasteiger partial charge in [0.05, 0.1) is 10.6 Å². The van der Waals surface area contributed by atoms with E-state index in [1.54, 1.807) is 6.07 Å². The molecule has 1 amide bonds. The SMILES string of the molecule is Cc1ccc(C2CC(=O)N(c3ccc(Cl)c(C(=O)O)c3)C3=C2C(=O)CCC3)cc1. The summed E-state index contributed by atoms with van der Waals surface area (Å²) in [6.45, 7) is 1.99. The van der Waals surface area contributed by atoms with E-state index in [9.17, 15) is 19.5 Å². The number of halogens is 1. The number of ketones is 1. The highest BCUT2D eigenvalue weighted by Crippen LogP contribution is 2.43. The molecule has 0 aromatic heterocycles. The fourth-order valence-corrected chi connectivity index (χ4v) is 4.39. The van der Waals surface area contributed by atoms with Crippen LogP contribution in [0, 0.1) is 6.92 Å². The number of carbonyl (C=O) groups is 3. The van der Waals surface area contributed by atoms with Crippen LogP contribution in [0.25, 0.3) is 0 Å². The zero-order chi connectivity index (χ0) is 20.7. The average molecular weight is 410 g/mol. The summed E-state index contributed by atoms with van der Waals surface area (Å²) in [5.74, 6) is -1.52. The Morgan fingerprint density at radius 2 is 1.83 bits per heavy atom. The number of aryl methyl sites for hydroxylation is 1. The quantitative estimate of drug-likeness (QED) is 0.784. The zero-order valence-corrected chi connectivity index (χ0v) is 16.7. The molecular weight excluding hydrogens is 390 g/mol. The van der Waals surface area contributed by atoms with E-state index in [1.807, 2.05) is 31.2 Å². The standard InChI is InChI=1S/C23H20ClNO4/c1-13-5-7-14(8-6-13)16-12-21(27)25(19-3-2-4-20(26)22(16)19)15-9-10-18(24)17(11-15)23(28)29/h5-11,16H,2-4,12H2,1H3,(H,28,29). The van der Waals surface area contributed by atoms with Gasteiger partial charge in [-0.05, 0) is 43.5 Å². The Kier molecular flexibility index (Phi) is 5.01. The topological polar surface area (TPSA) is 74.7 Å². The molecule has 29 heavy (non-hydrogen) atoms. The first-order chi connectivity index (χ1) is 13.9. The van der Waals surface area contributed by atoms with Crippen molar-refractivity contribution in [3.05, 3.63) is 75.4 Å². The molecule has 1 N–H and O–H groups in total. The van der Waals surface area contributed by atoms with Crippen LogP contribution in [0.2, 0.25) is 5.02 Å². The lowest BCUT2D eigenvalue weighted by molar-refractivity contribution is -0.119. The van der Waals surface area contributed by atoms with Gasteiger partial charge in [0, 0.05) is 35.7 Å². The minimum absolute atomic E-state index is 0.0572. The van der Waals surface area contributed by atoms with E-state index in [2.05, 4.69) is 0 Å². The van der Waals surface area contributed by atoms with Crippen LogP contribution in [0.15, 0.2) is 53.7 Å². The number of aromatic carboxylic acids is 1. The number of hydrogen-bond donors (Lipinski definition) is 1. The van der Waals surface area contributed by atoms with Crippen molar-refractivity contribution < 1.29 is 19.5 Å². The molecule has 1 heterocycles. The fraction of sp³-hybridized carbons (Fsp3) is 0.261. The summed E-state index contributed by atoms with van der Waals surface area (Å²) in [6, 6.07) is 12.4. The molecule has 6 heteroatoms. The number of carboxylic acids is 1. The van der Waals surface area contributed by atoms with E-state index in [1.165, 1.54) is 17.0 Å². The van der Waals surface area contributed by atoms with Crippen molar-refractivity contribution in [3.8, 4) is 0 Å². The van der Waals surface area contributed by atoms with Crippen LogP contribution in [-0.2, 0) is 9.59 Å². The lowest BCUT2D eigenvalue weighted by atomic mass is 9.77. The summed E-state index contributed by atoms with van der Waals surface area (Å²) >= 11 is 5.99. The fourth-order valence-electron chi connectivity index (χ4n) is 4.19. The molecule has 1 unspecified atom stereocenters. The second-order valence-electron chi connectivity index (χ2n) is 7.50. The molecular formula is C23H20ClNO4. The number of amides is 1. The summed E-state index contributed by atoms with van der Waals surface area (Å²) in [6.07, 6.45) is 1.89. The molecule has 0 radical (unpaired) electrons. The largest absolute Gasteiger partial charge is 0.478 e. The highest BCUT2D eigenvalue weighted by atomic mass is 35.5.